The van der Waals surface area contributed by atoms with Crippen molar-refractivity contribution < 1.29 is 26.7 Å². The van der Waals surface area contributed by atoms with Gasteiger partial charge in [0.2, 0.25) is 6.41 Å². The fraction of sp³-hybridized carbons (Fsp3) is 0.667. The molecule has 31 heavy (non-hydrogen) atoms. The summed E-state index contributed by atoms with van der Waals surface area (Å²) in [6.07, 6.45) is -3.27. The third-order valence-electron chi connectivity index (χ3n) is 6.73. The van der Waals surface area contributed by atoms with Crippen LogP contribution in [0.2, 0.25) is 0 Å². The van der Waals surface area contributed by atoms with Gasteiger partial charge in [0.05, 0.1) is 23.9 Å². The van der Waals surface area contributed by atoms with Crippen LogP contribution in [0.25, 0.3) is 5.65 Å². The van der Waals surface area contributed by atoms with Gasteiger partial charge in [-0.3, -0.25) is 4.79 Å². The number of likely N-dealkylation sites (tertiary alicyclic amines) is 1. The highest BCUT2D eigenvalue weighted by Crippen LogP contribution is 2.43. The van der Waals surface area contributed by atoms with Crippen molar-refractivity contribution in [3.05, 3.63) is 28.7 Å². The molecule has 4 rings (SSSR count). The van der Waals surface area contributed by atoms with Crippen molar-refractivity contribution in [2.75, 3.05) is 13.1 Å². The lowest BCUT2D eigenvalue weighted by Gasteiger charge is -2.36. The maximum atomic E-state index is 14.3. The van der Waals surface area contributed by atoms with Crippen molar-refractivity contribution >= 4 is 12.1 Å². The van der Waals surface area contributed by atoms with E-state index in [1.165, 1.54) is 0 Å². The first-order valence-electron chi connectivity index (χ1n) is 10.5. The molecule has 2 aliphatic rings. The minimum Gasteiger partial charge on any atom is -0.339 e. The lowest BCUT2D eigenvalue weighted by molar-refractivity contribution is -0.182. The molecule has 2 aromatic rings. The molecule has 170 valence electrons. The molecule has 1 unspecified atom stereocenters. The number of aryl methyl sites for hydroxylation is 1. The molecule has 0 aromatic carbocycles. The highest BCUT2D eigenvalue weighted by Gasteiger charge is 2.43. The highest BCUT2D eigenvalue weighted by atomic mass is 19.4. The van der Waals surface area contributed by atoms with E-state index in [0.717, 1.165) is 10.5 Å². The standard InChI is InChI=1S/C21H25F5N4O/c1-12-13(2)27-18-7-17(14-3-5-16(6-4-14)21(24,25)26)28-30(18)19(12)15-8-20(22,23)10-29(9-15)11-31/h7,11,14-16H,3-6,8-10H2,1-2H3. The first kappa shape index (κ1) is 22.0. The molecule has 1 aliphatic heterocycles. The van der Waals surface area contributed by atoms with E-state index < -0.39 is 36.9 Å². The average Bonchev–Trinajstić information content (AvgIpc) is 3.10. The van der Waals surface area contributed by atoms with Gasteiger partial charge in [0.15, 0.2) is 5.65 Å². The molecule has 5 nitrogen and oxygen atoms in total. The molecule has 0 spiro atoms. The molecule has 0 radical (unpaired) electrons. The second kappa shape index (κ2) is 7.70. The Morgan fingerprint density at radius 3 is 2.42 bits per heavy atom. The number of alkyl halides is 5. The van der Waals surface area contributed by atoms with Crippen LogP contribution in [0.4, 0.5) is 22.0 Å². The normalized spacial score (nSPS) is 26.9. The molecule has 3 heterocycles. The van der Waals surface area contributed by atoms with E-state index in [-0.39, 0.29) is 25.3 Å². The Kier molecular flexibility index (Phi) is 5.46. The summed E-state index contributed by atoms with van der Waals surface area (Å²) in [4.78, 5) is 16.8. The third-order valence-corrected chi connectivity index (χ3v) is 6.73. The van der Waals surface area contributed by atoms with Gasteiger partial charge in [-0.25, -0.2) is 18.3 Å². The van der Waals surface area contributed by atoms with Crippen LogP contribution in [0.1, 0.15) is 66.6 Å². The third kappa shape index (κ3) is 4.25. The predicted molar refractivity (Wildman–Crippen MR) is 103 cm³/mol. The van der Waals surface area contributed by atoms with Gasteiger partial charge < -0.3 is 4.90 Å². The number of amides is 1. The zero-order valence-corrected chi connectivity index (χ0v) is 17.4. The Balaban J connectivity index is 1.68. The summed E-state index contributed by atoms with van der Waals surface area (Å²) >= 11 is 0. The Bertz CT molecular complexity index is 978. The van der Waals surface area contributed by atoms with Gasteiger partial charge in [0.1, 0.15) is 0 Å². The van der Waals surface area contributed by atoms with Gasteiger partial charge in [-0.05, 0) is 45.1 Å². The van der Waals surface area contributed by atoms with Crippen LogP contribution < -0.4 is 0 Å². The number of halogens is 5. The minimum absolute atomic E-state index is 0.0590. The monoisotopic (exact) mass is 444 g/mol. The largest absolute Gasteiger partial charge is 0.391 e. The highest BCUT2D eigenvalue weighted by molar-refractivity contribution is 5.50. The molecule has 1 amide bonds. The molecular formula is C21H25F5N4O. The molecular weight excluding hydrogens is 419 g/mol. The number of fused-ring (bicyclic) bond motifs is 1. The zero-order chi connectivity index (χ0) is 22.6. The fourth-order valence-corrected chi connectivity index (χ4v) is 5.04. The SMILES string of the molecule is Cc1nc2cc(C3CCC(C(F)(F)F)CC3)nn2c(C2CN(C=O)CC(F)(F)C2)c1C. The fourth-order valence-electron chi connectivity index (χ4n) is 5.04. The average molecular weight is 444 g/mol. The summed E-state index contributed by atoms with van der Waals surface area (Å²) in [6, 6.07) is 1.76. The summed E-state index contributed by atoms with van der Waals surface area (Å²) in [7, 11) is 0. The van der Waals surface area contributed by atoms with Gasteiger partial charge in [0, 0.05) is 36.6 Å². The molecule has 1 saturated heterocycles. The minimum atomic E-state index is -4.18. The van der Waals surface area contributed by atoms with Crippen molar-refractivity contribution in [1.82, 2.24) is 19.5 Å². The summed E-state index contributed by atoms with van der Waals surface area (Å²) in [5.41, 5.74) is 3.15. The van der Waals surface area contributed by atoms with Crippen molar-refractivity contribution in [1.29, 1.82) is 0 Å². The Hall–Kier alpha value is -2.26. The number of piperidine rings is 1. The van der Waals surface area contributed by atoms with Crippen LogP contribution in [-0.2, 0) is 4.79 Å². The van der Waals surface area contributed by atoms with Gasteiger partial charge in [-0.2, -0.15) is 18.3 Å². The van der Waals surface area contributed by atoms with E-state index in [4.69, 9.17) is 0 Å². The van der Waals surface area contributed by atoms with Crippen molar-refractivity contribution in [3.63, 3.8) is 0 Å². The molecule has 1 aliphatic carbocycles. The lowest BCUT2D eigenvalue weighted by atomic mass is 9.80. The first-order valence-corrected chi connectivity index (χ1v) is 10.5. The van der Waals surface area contributed by atoms with Crippen LogP contribution in [0.3, 0.4) is 0 Å². The van der Waals surface area contributed by atoms with Crippen LogP contribution >= 0.6 is 0 Å². The van der Waals surface area contributed by atoms with Gasteiger partial charge >= 0.3 is 6.18 Å². The van der Waals surface area contributed by atoms with Gasteiger partial charge in [-0.1, -0.05) is 0 Å². The van der Waals surface area contributed by atoms with E-state index in [2.05, 4.69) is 10.1 Å². The Labute approximate surface area is 176 Å². The quantitative estimate of drug-likeness (QED) is 0.507. The van der Waals surface area contributed by atoms with E-state index in [1.807, 2.05) is 0 Å². The van der Waals surface area contributed by atoms with Crippen LogP contribution in [0.15, 0.2) is 6.07 Å². The maximum absolute atomic E-state index is 14.3. The van der Waals surface area contributed by atoms with Crippen molar-refractivity contribution in [2.24, 2.45) is 5.92 Å². The summed E-state index contributed by atoms with van der Waals surface area (Å²) < 4.78 is 69.1. The van der Waals surface area contributed by atoms with Crippen LogP contribution in [-0.4, -0.2) is 51.1 Å². The molecule has 1 saturated carbocycles. The number of carbonyl (C=O) groups excluding carboxylic acids is 1. The molecule has 0 bridgehead atoms. The number of aromatic nitrogens is 3. The van der Waals surface area contributed by atoms with Crippen molar-refractivity contribution in [3.8, 4) is 0 Å². The summed E-state index contributed by atoms with van der Waals surface area (Å²) in [5.74, 6) is -5.02. The maximum Gasteiger partial charge on any atom is 0.391 e. The summed E-state index contributed by atoms with van der Waals surface area (Å²) in [5, 5.41) is 4.62. The second-order valence-electron chi connectivity index (χ2n) is 8.93. The second-order valence-corrected chi connectivity index (χ2v) is 8.93. The Morgan fingerprint density at radius 2 is 1.81 bits per heavy atom. The van der Waals surface area contributed by atoms with Gasteiger partial charge in [-0.15, -0.1) is 0 Å². The van der Waals surface area contributed by atoms with E-state index in [0.29, 0.717) is 42.0 Å². The number of nitrogens with zero attached hydrogens (tertiary/aromatic N) is 4. The van der Waals surface area contributed by atoms with E-state index >= 15 is 0 Å². The molecule has 10 heteroatoms. The van der Waals surface area contributed by atoms with Crippen LogP contribution in [0, 0.1) is 19.8 Å². The zero-order valence-electron chi connectivity index (χ0n) is 17.4. The van der Waals surface area contributed by atoms with Crippen molar-refractivity contribution in [2.45, 2.75) is 69.9 Å². The molecule has 0 N–H and O–H groups in total. The van der Waals surface area contributed by atoms with Crippen LogP contribution in [0.5, 0.6) is 0 Å². The number of hydrogen-bond donors (Lipinski definition) is 0. The molecule has 1 atom stereocenters. The smallest absolute Gasteiger partial charge is 0.339 e. The van der Waals surface area contributed by atoms with E-state index in [9.17, 15) is 26.7 Å². The molecule has 2 aromatic heterocycles. The lowest BCUT2D eigenvalue weighted by Crippen LogP contribution is -2.46. The first-order chi connectivity index (χ1) is 14.5. The summed E-state index contributed by atoms with van der Waals surface area (Å²) in [6.45, 7) is 3.14. The van der Waals surface area contributed by atoms with E-state index in [1.54, 1.807) is 24.4 Å². The Morgan fingerprint density at radius 1 is 1.13 bits per heavy atom. The number of carbonyl (C=O) groups is 1. The molecule has 2 fully saturated rings. The number of hydrogen-bond acceptors (Lipinski definition) is 3. The topological polar surface area (TPSA) is 50.5 Å². The van der Waals surface area contributed by atoms with Gasteiger partial charge in [0.25, 0.3) is 5.92 Å². The number of rotatable bonds is 3. The predicted octanol–water partition coefficient (Wildman–Crippen LogP) is 4.76.